The summed E-state index contributed by atoms with van der Waals surface area (Å²) in [5.74, 6) is -2.69. The summed E-state index contributed by atoms with van der Waals surface area (Å²) in [6.07, 6.45) is 6.70. The molecule has 1 aliphatic heterocycles. The SMILES string of the molecule is C=C(C)[C@@H](C[C@@H](OC(C)=O)c1nc(C(=O)N[C@@H](Cc2ccc(N)cc2)CC(C)(C)C(=O)O)cs1)N(CCCCc1cnnn1C)C(=O)[C@@H](NC(=O)[C@H]1CCCCN1C)[C@@H](C)CC. The Labute approximate surface area is 370 Å². The molecule has 0 spiro atoms. The van der Waals surface area contributed by atoms with Crippen molar-refractivity contribution in [1.82, 2.24) is 40.4 Å². The maximum Gasteiger partial charge on any atom is 0.309 e. The van der Waals surface area contributed by atoms with Gasteiger partial charge < -0.3 is 31.1 Å². The van der Waals surface area contributed by atoms with E-state index in [4.69, 9.17) is 10.5 Å². The molecular formula is C45H67N9O7S. The van der Waals surface area contributed by atoms with E-state index in [2.05, 4.69) is 32.5 Å². The van der Waals surface area contributed by atoms with Crippen LogP contribution in [0, 0.1) is 11.3 Å². The first-order valence-electron chi connectivity index (χ1n) is 21.6. The van der Waals surface area contributed by atoms with Crippen LogP contribution in [0.5, 0.6) is 0 Å². The van der Waals surface area contributed by atoms with Crippen molar-refractivity contribution in [2.45, 2.75) is 136 Å². The van der Waals surface area contributed by atoms with Gasteiger partial charge in [0.1, 0.15) is 16.7 Å². The third-order valence-corrected chi connectivity index (χ3v) is 12.8. The van der Waals surface area contributed by atoms with Crippen molar-refractivity contribution in [2.24, 2.45) is 18.4 Å². The molecular weight excluding hydrogens is 811 g/mol. The number of aryl methyl sites for hydroxylation is 2. The van der Waals surface area contributed by atoms with Crippen LogP contribution < -0.4 is 16.4 Å². The summed E-state index contributed by atoms with van der Waals surface area (Å²) in [5, 5.41) is 26.0. The number of benzene rings is 1. The van der Waals surface area contributed by atoms with Gasteiger partial charge in [-0.05, 0) is 103 Å². The number of likely N-dealkylation sites (tertiary alicyclic amines) is 1. The summed E-state index contributed by atoms with van der Waals surface area (Å²) in [6, 6.07) is 4.82. The molecule has 1 aliphatic rings. The van der Waals surface area contributed by atoms with Gasteiger partial charge in [0, 0.05) is 44.0 Å². The first kappa shape index (κ1) is 49.5. The Morgan fingerprint density at radius 3 is 2.40 bits per heavy atom. The normalized spacial score (nSPS) is 16.9. The van der Waals surface area contributed by atoms with Crippen molar-refractivity contribution in [3.63, 3.8) is 0 Å². The first-order valence-corrected chi connectivity index (χ1v) is 22.5. The Morgan fingerprint density at radius 1 is 1.10 bits per heavy atom. The lowest BCUT2D eigenvalue weighted by Crippen LogP contribution is -2.58. The van der Waals surface area contributed by atoms with Crippen LogP contribution in [0.4, 0.5) is 5.69 Å². The number of unbranched alkanes of at least 4 members (excludes halogenated alkanes) is 1. The molecule has 1 aromatic carbocycles. The molecule has 1 fully saturated rings. The number of nitrogens with two attached hydrogens (primary N) is 1. The molecule has 0 saturated carbocycles. The molecule has 1 saturated heterocycles. The summed E-state index contributed by atoms with van der Waals surface area (Å²) >= 11 is 1.15. The molecule has 17 heteroatoms. The fourth-order valence-electron chi connectivity index (χ4n) is 7.87. The number of carboxylic acid groups (broad SMARTS) is 1. The number of rotatable bonds is 23. The number of esters is 1. The van der Waals surface area contributed by atoms with Crippen molar-refractivity contribution in [3.05, 3.63) is 70.0 Å². The van der Waals surface area contributed by atoms with Crippen LogP contribution in [0.15, 0.2) is 48.0 Å². The van der Waals surface area contributed by atoms with E-state index < -0.39 is 47.5 Å². The van der Waals surface area contributed by atoms with E-state index in [1.165, 1.54) is 6.92 Å². The van der Waals surface area contributed by atoms with E-state index in [-0.39, 0.29) is 42.3 Å². The Hall–Kier alpha value is -5.16. The number of hydrogen-bond acceptors (Lipinski definition) is 12. The molecule has 0 unspecified atom stereocenters. The third kappa shape index (κ3) is 13.9. The summed E-state index contributed by atoms with van der Waals surface area (Å²) in [6.45, 7) is 15.7. The molecule has 6 atom stereocenters. The Kier molecular flexibility index (Phi) is 18.2. The molecule has 0 bridgehead atoms. The number of likely N-dealkylation sites (N-methyl/N-ethyl adjacent to an activating group) is 1. The second-order valence-corrected chi connectivity index (χ2v) is 18.4. The zero-order valence-electron chi connectivity index (χ0n) is 37.7. The number of thiazole rings is 1. The quantitative estimate of drug-likeness (QED) is 0.0402. The fraction of sp³-hybridized carbons (Fsp3) is 0.600. The number of ether oxygens (including phenoxy) is 1. The average molecular weight is 878 g/mol. The number of nitrogens with one attached hydrogen (secondary N) is 2. The van der Waals surface area contributed by atoms with Gasteiger partial charge in [-0.3, -0.25) is 33.6 Å². The van der Waals surface area contributed by atoms with Gasteiger partial charge in [0.15, 0.2) is 6.10 Å². The molecule has 340 valence electrons. The molecule has 4 rings (SSSR count). The monoisotopic (exact) mass is 877 g/mol. The molecule has 3 aromatic rings. The Bertz CT molecular complexity index is 2000. The van der Waals surface area contributed by atoms with Crippen molar-refractivity contribution in [3.8, 4) is 0 Å². The largest absolute Gasteiger partial charge is 0.481 e. The van der Waals surface area contributed by atoms with E-state index in [1.807, 2.05) is 51.9 Å². The van der Waals surface area contributed by atoms with Gasteiger partial charge in [0.05, 0.1) is 29.4 Å². The summed E-state index contributed by atoms with van der Waals surface area (Å²) in [4.78, 5) is 75.9. The van der Waals surface area contributed by atoms with Crippen molar-refractivity contribution in [2.75, 3.05) is 25.9 Å². The predicted octanol–water partition coefficient (Wildman–Crippen LogP) is 5.50. The Morgan fingerprint density at radius 2 is 1.81 bits per heavy atom. The van der Waals surface area contributed by atoms with E-state index in [0.717, 1.165) is 48.4 Å². The number of aliphatic carboxylic acids is 1. The van der Waals surface area contributed by atoms with Crippen LogP contribution in [-0.2, 0) is 43.8 Å². The maximum absolute atomic E-state index is 15.0. The summed E-state index contributed by atoms with van der Waals surface area (Å²) < 4.78 is 7.63. The van der Waals surface area contributed by atoms with Crippen LogP contribution in [0.2, 0.25) is 0 Å². The fourth-order valence-corrected chi connectivity index (χ4v) is 8.71. The van der Waals surface area contributed by atoms with Gasteiger partial charge in [-0.15, -0.1) is 16.4 Å². The highest BCUT2D eigenvalue weighted by Gasteiger charge is 2.38. The van der Waals surface area contributed by atoms with Crippen LogP contribution in [0.3, 0.4) is 0 Å². The lowest BCUT2D eigenvalue weighted by molar-refractivity contribution is -0.149. The number of aromatic nitrogens is 4. The van der Waals surface area contributed by atoms with E-state index >= 15 is 4.79 Å². The van der Waals surface area contributed by atoms with Crippen LogP contribution in [0.1, 0.15) is 126 Å². The van der Waals surface area contributed by atoms with Gasteiger partial charge in [-0.1, -0.05) is 56.2 Å². The van der Waals surface area contributed by atoms with E-state index in [0.29, 0.717) is 54.9 Å². The molecule has 2 aromatic heterocycles. The topological polar surface area (TPSA) is 215 Å². The second kappa shape index (κ2) is 22.8. The number of carbonyl (C=O) groups is 5. The smallest absolute Gasteiger partial charge is 0.309 e. The van der Waals surface area contributed by atoms with E-state index in [9.17, 15) is 24.3 Å². The van der Waals surface area contributed by atoms with Gasteiger partial charge in [0.25, 0.3) is 5.91 Å². The number of carboxylic acids is 1. The third-order valence-electron chi connectivity index (χ3n) is 11.9. The number of nitrogen functional groups attached to an aromatic ring is 1. The molecule has 62 heavy (non-hydrogen) atoms. The van der Waals surface area contributed by atoms with Crippen LogP contribution in [-0.4, -0.2) is 109 Å². The standard InChI is InChI=1S/C45H67N9O7S/c1-10-29(4)39(50-41(57)36-16-12-13-21-52(36)8)43(58)54(22-14-11-15-34-26-47-51-53(34)9)37(28(2)3)24-38(61-30(5)55)42-49-35(27-62-42)40(56)48-33(25-45(6,7)44(59)60)23-31-17-19-32(46)20-18-31/h17-20,26-27,29,33,36-39H,2,10-16,21-25,46H2,1,3-9H3,(H,48,56)(H,50,57)(H,59,60)/t29-,33-,36+,37+,38+,39-/m0/s1. The lowest BCUT2D eigenvalue weighted by atomic mass is 9.84. The number of piperidine rings is 1. The highest BCUT2D eigenvalue weighted by atomic mass is 32.1. The van der Waals surface area contributed by atoms with Crippen LogP contribution in [0.25, 0.3) is 0 Å². The van der Waals surface area contributed by atoms with Crippen LogP contribution >= 0.6 is 11.3 Å². The molecule has 16 nitrogen and oxygen atoms in total. The number of anilines is 1. The van der Waals surface area contributed by atoms with Gasteiger partial charge in [-0.2, -0.15) is 0 Å². The molecule has 0 aliphatic carbocycles. The Balaban J connectivity index is 1.63. The number of carbonyl (C=O) groups excluding carboxylic acids is 4. The van der Waals surface area contributed by atoms with Gasteiger partial charge >= 0.3 is 11.9 Å². The van der Waals surface area contributed by atoms with Crippen molar-refractivity contribution >= 4 is 46.7 Å². The van der Waals surface area contributed by atoms with Crippen molar-refractivity contribution in [1.29, 1.82) is 0 Å². The maximum atomic E-state index is 15.0. The predicted molar refractivity (Wildman–Crippen MR) is 239 cm³/mol. The molecule has 0 radical (unpaired) electrons. The number of amides is 3. The minimum atomic E-state index is -1.14. The van der Waals surface area contributed by atoms with E-state index in [1.54, 1.807) is 47.1 Å². The average Bonchev–Trinajstić information content (AvgIpc) is 3.88. The molecule has 3 heterocycles. The minimum Gasteiger partial charge on any atom is -0.481 e. The minimum absolute atomic E-state index is 0.0780. The summed E-state index contributed by atoms with van der Waals surface area (Å²) in [7, 11) is 3.77. The number of nitrogens with zero attached hydrogens (tertiary/aromatic N) is 6. The molecule has 5 N–H and O–H groups in total. The van der Waals surface area contributed by atoms with Gasteiger partial charge in [-0.25, -0.2) is 4.98 Å². The highest BCUT2D eigenvalue weighted by Crippen LogP contribution is 2.32. The lowest BCUT2D eigenvalue weighted by Gasteiger charge is -2.39. The zero-order valence-corrected chi connectivity index (χ0v) is 38.5. The number of hydrogen-bond donors (Lipinski definition) is 4. The summed E-state index contributed by atoms with van der Waals surface area (Å²) in [5.41, 5.74) is 7.89. The van der Waals surface area contributed by atoms with Crippen molar-refractivity contribution < 1.29 is 33.8 Å². The zero-order chi connectivity index (χ0) is 45.7. The molecule has 3 amide bonds. The second-order valence-electron chi connectivity index (χ2n) is 17.5. The first-order chi connectivity index (χ1) is 29.3. The highest BCUT2D eigenvalue weighted by molar-refractivity contribution is 7.09. The van der Waals surface area contributed by atoms with Gasteiger partial charge in [0.2, 0.25) is 11.8 Å².